The number of benzene rings is 1. The summed E-state index contributed by atoms with van der Waals surface area (Å²) in [5, 5.41) is 4.06. The fraction of sp³-hybridized carbons (Fsp3) is 0.500. The van der Waals surface area contributed by atoms with Crippen molar-refractivity contribution < 1.29 is 12.9 Å². The molecule has 130 valence electrons. The minimum Gasteiger partial charge on any atom is -0.334 e. The van der Waals surface area contributed by atoms with E-state index in [1.165, 1.54) is 6.26 Å². The van der Waals surface area contributed by atoms with Gasteiger partial charge in [0.1, 0.15) is 0 Å². The molecule has 1 aliphatic heterocycles. The summed E-state index contributed by atoms with van der Waals surface area (Å²) < 4.78 is 30.4. The highest BCUT2D eigenvalue weighted by Gasteiger charge is 2.30. The summed E-state index contributed by atoms with van der Waals surface area (Å²) >= 11 is 0. The summed E-state index contributed by atoms with van der Waals surface area (Å²) in [6, 6.07) is 7.82. The van der Waals surface area contributed by atoms with Gasteiger partial charge in [-0.2, -0.15) is 9.29 Å². The molecule has 0 aliphatic carbocycles. The molecular formula is C16H22N4O3S. The first-order valence-corrected chi connectivity index (χ1v) is 9.77. The Labute approximate surface area is 142 Å². The van der Waals surface area contributed by atoms with Gasteiger partial charge in [-0.05, 0) is 25.5 Å². The Morgan fingerprint density at radius 1 is 1.29 bits per heavy atom. The van der Waals surface area contributed by atoms with Crippen molar-refractivity contribution in [2.24, 2.45) is 0 Å². The predicted octanol–water partition coefficient (Wildman–Crippen LogP) is 1.51. The van der Waals surface area contributed by atoms with E-state index < -0.39 is 10.0 Å². The van der Waals surface area contributed by atoms with Crippen molar-refractivity contribution in [3.8, 4) is 11.5 Å². The van der Waals surface area contributed by atoms with Gasteiger partial charge in [0.25, 0.3) is 5.89 Å². The molecule has 7 nitrogen and oxygen atoms in total. The van der Waals surface area contributed by atoms with Gasteiger partial charge in [-0.15, -0.1) is 0 Å². The first kappa shape index (κ1) is 17.1. The molecular weight excluding hydrogens is 328 g/mol. The Hall–Kier alpha value is -1.77. The third kappa shape index (κ3) is 3.66. The van der Waals surface area contributed by atoms with Crippen LogP contribution in [0.2, 0.25) is 0 Å². The maximum absolute atomic E-state index is 11.7. The summed E-state index contributed by atoms with van der Waals surface area (Å²) in [4.78, 5) is 6.63. The number of hydrogen-bond acceptors (Lipinski definition) is 6. The molecule has 1 saturated heterocycles. The van der Waals surface area contributed by atoms with Gasteiger partial charge in [0.05, 0.1) is 12.8 Å². The summed E-state index contributed by atoms with van der Waals surface area (Å²) in [7, 11) is -3.15. The quantitative estimate of drug-likeness (QED) is 0.832. The number of aryl methyl sites for hydroxylation is 1. The van der Waals surface area contributed by atoms with Crippen molar-refractivity contribution in [3.63, 3.8) is 0 Å². The largest absolute Gasteiger partial charge is 0.334 e. The third-order valence-corrected chi connectivity index (χ3v) is 5.68. The van der Waals surface area contributed by atoms with E-state index in [1.807, 2.05) is 38.1 Å². The zero-order valence-corrected chi connectivity index (χ0v) is 15.0. The minimum absolute atomic E-state index is 0.0588. The summed E-state index contributed by atoms with van der Waals surface area (Å²) in [5.41, 5.74) is 2.02. The first-order valence-electron chi connectivity index (χ1n) is 7.92. The highest BCUT2D eigenvalue weighted by molar-refractivity contribution is 7.88. The lowest BCUT2D eigenvalue weighted by molar-refractivity contribution is 0.135. The zero-order chi connectivity index (χ0) is 17.3. The first-order chi connectivity index (χ1) is 11.3. The maximum Gasteiger partial charge on any atom is 0.258 e. The standard InChI is InChI=1S/C16H22N4O3S/c1-12-6-4-5-7-14(12)16-17-15(18-23-16)11-19-8-9-20(13(2)10-19)24(3,21)22/h4-7,13H,8-11H2,1-3H3/t13-/m0/s1. The van der Waals surface area contributed by atoms with Crippen molar-refractivity contribution in [1.82, 2.24) is 19.3 Å². The van der Waals surface area contributed by atoms with E-state index in [4.69, 9.17) is 4.52 Å². The van der Waals surface area contributed by atoms with E-state index in [0.29, 0.717) is 37.9 Å². The lowest BCUT2D eigenvalue weighted by atomic mass is 10.1. The molecule has 24 heavy (non-hydrogen) atoms. The van der Waals surface area contributed by atoms with Crippen molar-refractivity contribution in [2.75, 3.05) is 25.9 Å². The molecule has 1 aliphatic rings. The Morgan fingerprint density at radius 2 is 2.04 bits per heavy atom. The molecule has 3 rings (SSSR count). The predicted molar refractivity (Wildman–Crippen MR) is 90.8 cm³/mol. The van der Waals surface area contributed by atoms with Crippen LogP contribution >= 0.6 is 0 Å². The number of nitrogens with zero attached hydrogens (tertiary/aromatic N) is 4. The van der Waals surface area contributed by atoms with Crippen LogP contribution in [0.3, 0.4) is 0 Å². The van der Waals surface area contributed by atoms with Gasteiger partial charge in [-0.1, -0.05) is 23.4 Å². The van der Waals surface area contributed by atoms with Crippen LogP contribution in [0.1, 0.15) is 18.3 Å². The summed E-state index contributed by atoms with van der Waals surface area (Å²) in [5.74, 6) is 1.14. The topological polar surface area (TPSA) is 79.5 Å². The zero-order valence-electron chi connectivity index (χ0n) is 14.1. The molecule has 8 heteroatoms. The van der Waals surface area contributed by atoms with Gasteiger partial charge in [0.15, 0.2) is 5.82 Å². The second-order valence-corrected chi connectivity index (χ2v) is 8.22. The molecule has 0 saturated carbocycles. The van der Waals surface area contributed by atoms with Gasteiger partial charge < -0.3 is 4.52 Å². The monoisotopic (exact) mass is 350 g/mol. The van der Waals surface area contributed by atoms with Crippen LogP contribution in [0.25, 0.3) is 11.5 Å². The van der Waals surface area contributed by atoms with Crippen LogP contribution in [0, 0.1) is 6.92 Å². The van der Waals surface area contributed by atoms with Crippen LogP contribution in [-0.2, 0) is 16.6 Å². The summed E-state index contributed by atoms with van der Waals surface area (Å²) in [6.45, 7) is 6.28. The molecule has 0 unspecified atom stereocenters. The van der Waals surface area contributed by atoms with Crippen LogP contribution < -0.4 is 0 Å². The van der Waals surface area contributed by atoms with E-state index in [0.717, 1.165) is 11.1 Å². The Kier molecular flexibility index (Phi) is 4.71. The van der Waals surface area contributed by atoms with E-state index >= 15 is 0 Å². The molecule has 0 amide bonds. The number of hydrogen-bond donors (Lipinski definition) is 0. The number of aromatic nitrogens is 2. The molecule has 1 fully saturated rings. The maximum atomic E-state index is 11.7. The van der Waals surface area contributed by atoms with Crippen molar-refractivity contribution in [1.29, 1.82) is 0 Å². The van der Waals surface area contributed by atoms with Crippen molar-refractivity contribution >= 4 is 10.0 Å². The molecule has 0 N–H and O–H groups in total. The highest BCUT2D eigenvalue weighted by atomic mass is 32.2. The van der Waals surface area contributed by atoms with Crippen molar-refractivity contribution in [2.45, 2.75) is 26.4 Å². The van der Waals surface area contributed by atoms with Gasteiger partial charge in [-0.25, -0.2) is 8.42 Å². The second-order valence-electron chi connectivity index (χ2n) is 6.29. The van der Waals surface area contributed by atoms with E-state index in [-0.39, 0.29) is 6.04 Å². The average molecular weight is 350 g/mol. The fourth-order valence-electron chi connectivity index (χ4n) is 3.09. The smallest absolute Gasteiger partial charge is 0.258 e. The van der Waals surface area contributed by atoms with Crippen molar-refractivity contribution in [3.05, 3.63) is 35.7 Å². The molecule has 1 aromatic carbocycles. The minimum atomic E-state index is -3.15. The molecule has 1 atom stereocenters. The lowest BCUT2D eigenvalue weighted by Gasteiger charge is -2.37. The number of sulfonamides is 1. The summed E-state index contributed by atoms with van der Waals surface area (Å²) in [6.07, 6.45) is 1.26. The van der Waals surface area contributed by atoms with Crippen LogP contribution in [-0.4, -0.2) is 59.7 Å². The number of piperazine rings is 1. The molecule has 0 radical (unpaired) electrons. The highest BCUT2D eigenvalue weighted by Crippen LogP contribution is 2.22. The van der Waals surface area contributed by atoms with Crippen LogP contribution in [0.15, 0.2) is 28.8 Å². The van der Waals surface area contributed by atoms with Gasteiger partial charge in [-0.3, -0.25) is 4.90 Å². The molecule has 2 aromatic rings. The molecule has 0 bridgehead atoms. The molecule has 2 heterocycles. The van der Waals surface area contributed by atoms with E-state index in [1.54, 1.807) is 4.31 Å². The van der Waals surface area contributed by atoms with Crippen LogP contribution in [0.4, 0.5) is 0 Å². The Bertz CT molecular complexity index is 818. The second kappa shape index (κ2) is 6.62. The van der Waals surface area contributed by atoms with Gasteiger partial charge >= 0.3 is 0 Å². The third-order valence-electron chi connectivity index (χ3n) is 4.29. The Balaban J connectivity index is 1.67. The molecule has 1 aromatic heterocycles. The normalized spacial score (nSPS) is 20.4. The Morgan fingerprint density at radius 3 is 2.71 bits per heavy atom. The number of rotatable bonds is 4. The van der Waals surface area contributed by atoms with Crippen LogP contribution in [0.5, 0.6) is 0 Å². The van der Waals surface area contributed by atoms with E-state index in [2.05, 4.69) is 15.0 Å². The SMILES string of the molecule is Cc1ccccc1-c1nc(CN2CCN(S(C)(=O)=O)[C@@H](C)C2)no1. The van der Waals surface area contributed by atoms with E-state index in [9.17, 15) is 8.42 Å². The van der Waals surface area contributed by atoms with Gasteiger partial charge in [0.2, 0.25) is 10.0 Å². The lowest BCUT2D eigenvalue weighted by Crippen LogP contribution is -2.53. The average Bonchev–Trinajstić information content (AvgIpc) is 2.94. The fourth-order valence-corrected chi connectivity index (χ4v) is 4.23. The van der Waals surface area contributed by atoms with Gasteiger partial charge in [0, 0.05) is 31.2 Å². The molecule has 0 spiro atoms.